The van der Waals surface area contributed by atoms with E-state index in [0.29, 0.717) is 42.7 Å². The molecule has 0 spiro atoms. The van der Waals surface area contributed by atoms with Gasteiger partial charge in [-0.2, -0.15) is 0 Å². The Morgan fingerprint density at radius 1 is 1.14 bits per heavy atom. The SMILES string of the molecule is Cc1csc([C@H]2CCCN2C(=O)c2cccc(C(=O)N[C@@H](C)CCc3ccc(NCc4cc(C(C)C)on4)c(O)c3)c2)n1. The Bertz CT molecular complexity index is 1580. The second kappa shape index (κ2) is 13.4. The predicted molar refractivity (Wildman–Crippen MR) is 168 cm³/mol. The van der Waals surface area contributed by atoms with Crippen molar-refractivity contribution in [2.45, 2.75) is 77.9 Å². The van der Waals surface area contributed by atoms with Crippen LogP contribution in [0.15, 0.2) is 58.4 Å². The van der Waals surface area contributed by atoms with Gasteiger partial charge in [-0.25, -0.2) is 4.98 Å². The van der Waals surface area contributed by atoms with Crippen LogP contribution in [0.2, 0.25) is 0 Å². The van der Waals surface area contributed by atoms with Crippen LogP contribution in [0.5, 0.6) is 5.75 Å². The molecule has 1 saturated heterocycles. The number of likely N-dealkylation sites (tertiary alicyclic amines) is 1. The molecule has 0 radical (unpaired) electrons. The van der Waals surface area contributed by atoms with E-state index in [1.807, 2.05) is 56.2 Å². The average Bonchev–Trinajstić information content (AvgIpc) is 3.76. The average molecular weight is 602 g/mol. The van der Waals surface area contributed by atoms with E-state index < -0.39 is 0 Å². The fraction of sp³-hybridized carbons (Fsp3) is 0.394. The van der Waals surface area contributed by atoms with Crippen molar-refractivity contribution in [2.75, 3.05) is 11.9 Å². The monoisotopic (exact) mass is 601 g/mol. The van der Waals surface area contributed by atoms with Crippen LogP contribution >= 0.6 is 11.3 Å². The van der Waals surface area contributed by atoms with E-state index in [1.54, 1.807) is 41.7 Å². The van der Waals surface area contributed by atoms with Gasteiger partial charge in [0.1, 0.15) is 22.2 Å². The first-order chi connectivity index (χ1) is 20.7. The summed E-state index contributed by atoms with van der Waals surface area (Å²) in [5.41, 5.74) is 4.30. The minimum Gasteiger partial charge on any atom is -0.506 e. The third kappa shape index (κ3) is 7.43. The molecule has 1 fully saturated rings. The summed E-state index contributed by atoms with van der Waals surface area (Å²) in [6.07, 6.45) is 3.21. The molecule has 0 saturated carbocycles. The Labute approximate surface area is 256 Å². The number of aromatic nitrogens is 2. The van der Waals surface area contributed by atoms with Crippen LogP contribution in [0.1, 0.15) is 100 Å². The van der Waals surface area contributed by atoms with Crippen molar-refractivity contribution in [3.05, 3.63) is 92.8 Å². The highest BCUT2D eigenvalue weighted by atomic mass is 32.1. The summed E-state index contributed by atoms with van der Waals surface area (Å²) in [7, 11) is 0. The van der Waals surface area contributed by atoms with Crippen molar-refractivity contribution >= 4 is 28.8 Å². The Balaban J connectivity index is 1.13. The van der Waals surface area contributed by atoms with Crippen molar-refractivity contribution in [3.8, 4) is 5.75 Å². The van der Waals surface area contributed by atoms with E-state index >= 15 is 0 Å². The van der Waals surface area contributed by atoms with Gasteiger partial charge in [0.05, 0.1) is 18.3 Å². The number of carbonyl (C=O) groups is 2. The number of carbonyl (C=O) groups excluding carboxylic acids is 2. The first-order valence-electron chi connectivity index (χ1n) is 14.8. The second-order valence-electron chi connectivity index (χ2n) is 11.6. The van der Waals surface area contributed by atoms with Crippen LogP contribution in [0.25, 0.3) is 0 Å². The zero-order valence-electron chi connectivity index (χ0n) is 25.1. The third-order valence-corrected chi connectivity index (χ3v) is 8.78. The maximum absolute atomic E-state index is 13.4. The normalized spacial score (nSPS) is 15.6. The van der Waals surface area contributed by atoms with Crippen LogP contribution in [0.3, 0.4) is 0 Å². The largest absolute Gasteiger partial charge is 0.506 e. The number of thiazole rings is 1. The molecular weight excluding hydrogens is 562 g/mol. The van der Waals surface area contributed by atoms with Crippen molar-refractivity contribution in [3.63, 3.8) is 0 Å². The van der Waals surface area contributed by atoms with Crippen LogP contribution < -0.4 is 10.6 Å². The summed E-state index contributed by atoms with van der Waals surface area (Å²) in [5, 5.41) is 23.8. The molecule has 2 aromatic carbocycles. The van der Waals surface area contributed by atoms with Crippen molar-refractivity contribution in [1.29, 1.82) is 0 Å². The van der Waals surface area contributed by atoms with Gasteiger partial charge in [0.2, 0.25) is 0 Å². The van der Waals surface area contributed by atoms with Crippen LogP contribution in [0.4, 0.5) is 5.69 Å². The van der Waals surface area contributed by atoms with E-state index in [1.165, 1.54) is 0 Å². The molecule has 2 atom stereocenters. The Kier molecular flexibility index (Phi) is 9.45. The minimum atomic E-state index is -0.216. The zero-order chi connectivity index (χ0) is 30.5. The fourth-order valence-corrected chi connectivity index (χ4v) is 6.21. The molecule has 1 aliphatic rings. The highest BCUT2D eigenvalue weighted by molar-refractivity contribution is 7.09. The lowest BCUT2D eigenvalue weighted by Gasteiger charge is -2.23. The molecule has 1 aliphatic heterocycles. The smallest absolute Gasteiger partial charge is 0.254 e. The summed E-state index contributed by atoms with van der Waals surface area (Å²) in [6.45, 7) is 9.14. The molecule has 9 nitrogen and oxygen atoms in total. The van der Waals surface area contributed by atoms with Gasteiger partial charge in [-0.1, -0.05) is 31.1 Å². The van der Waals surface area contributed by atoms with E-state index in [9.17, 15) is 14.7 Å². The van der Waals surface area contributed by atoms with Gasteiger partial charge >= 0.3 is 0 Å². The van der Waals surface area contributed by atoms with Crippen molar-refractivity contribution in [2.24, 2.45) is 0 Å². The number of benzene rings is 2. The predicted octanol–water partition coefficient (Wildman–Crippen LogP) is 6.61. The second-order valence-corrected chi connectivity index (χ2v) is 12.4. The molecule has 3 N–H and O–H groups in total. The maximum atomic E-state index is 13.4. The molecule has 10 heteroatoms. The number of nitrogens with one attached hydrogen (secondary N) is 2. The molecule has 2 aromatic heterocycles. The molecule has 5 rings (SSSR count). The van der Waals surface area contributed by atoms with Gasteiger partial charge in [0, 0.05) is 46.8 Å². The third-order valence-electron chi connectivity index (χ3n) is 7.72. The number of phenolic OH excluding ortho intramolecular Hbond substituents is 1. The lowest BCUT2D eigenvalue weighted by molar-refractivity contribution is 0.0735. The lowest BCUT2D eigenvalue weighted by Crippen LogP contribution is -2.33. The van der Waals surface area contributed by atoms with E-state index in [2.05, 4.69) is 20.8 Å². The quantitative estimate of drug-likeness (QED) is 0.166. The number of hydrogen-bond donors (Lipinski definition) is 3. The van der Waals surface area contributed by atoms with E-state index in [4.69, 9.17) is 4.52 Å². The molecule has 2 amide bonds. The number of aryl methyl sites for hydroxylation is 2. The molecule has 4 aromatic rings. The number of hydrogen-bond acceptors (Lipinski definition) is 8. The number of phenols is 1. The minimum absolute atomic E-state index is 0.0145. The van der Waals surface area contributed by atoms with Gasteiger partial charge in [0.25, 0.3) is 11.8 Å². The lowest BCUT2D eigenvalue weighted by atomic mass is 10.0. The summed E-state index contributed by atoms with van der Waals surface area (Å²) in [4.78, 5) is 33.0. The summed E-state index contributed by atoms with van der Waals surface area (Å²) < 4.78 is 5.33. The van der Waals surface area contributed by atoms with Crippen LogP contribution in [-0.4, -0.2) is 44.5 Å². The highest BCUT2D eigenvalue weighted by Crippen LogP contribution is 2.35. The zero-order valence-corrected chi connectivity index (χ0v) is 25.9. The number of rotatable bonds is 11. The van der Waals surface area contributed by atoms with Gasteiger partial charge in [0.15, 0.2) is 0 Å². The molecule has 43 heavy (non-hydrogen) atoms. The van der Waals surface area contributed by atoms with Gasteiger partial charge in [-0.05, 0) is 75.4 Å². The van der Waals surface area contributed by atoms with Gasteiger partial charge in [-0.15, -0.1) is 11.3 Å². The number of amides is 2. The Hall–Kier alpha value is -4.18. The topological polar surface area (TPSA) is 121 Å². The standard InChI is InChI=1S/C33H39N5O4S/c1-20(2)30-17-26(37-42-30)18-34-27-13-12-23(15-29(27)39)11-10-21(3)35-31(40)24-7-5-8-25(16-24)33(41)38-14-6-9-28(38)32-36-22(4)19-43-32/h5,7-8,12-13,15-17,19-21,28,34,39H,6,9-11,14,18H2,1-4H3,(H,35,40)/t21-,28+/m0/s1. The molecular formula is C33H39N5O4S. The van der Waals surface area contributed by atoms with E-state index in [0.717, 1.165) is 40.6 Å². The summed E-state index contributed by atoms with van der Waals surface area (Å²) >= 11 is 1.59. The number of aromatic hydroxyl groups is 1. The van der Waals surface area contributed by atoms with Gasteiger partial charge < -0.3 is 25.2 Å². The molecule has 0 aliphatic carbocycles. The fourth-order valence-electron chi connectivity index (χ4n) is 5.27. The first kappa shape index (κ1) is 30.3. The van der Waals surface area contributed by atoms with Gasteiger partial charge in [-0.3, -0.25) is 9.59 Å². The number of nitrogens with zero attached hydrogens (tertiary/aromatic N) is 3. The molecule has 226 valence electrons. The summed E-state index contributed by atoms with van der Waals surface area (Å²) in [5.74, 6) is 0.969. The molecule has 0 unspecified atom stereocenters. The van der Waals surface area contributed by atoms with Crippen molar-refractivity contribution in [1.82, 2.24) is 20.4 Å². The Morgan fingerprint density at radius 3 is 2.67 bits per heavy atom. The van der Waals surface area contributed by atoms with Crippen molar-refractivity contribution < 1.29 is 19.2 Å². The summed E-state index contributed by atoms with van der Waals surface area (Å²) in [6, 6.07) is 14.3. The maximum Gasteiger partial charge on any atom is 0.254 e. The van der Waals surface area contributed by atoms with Crippen LogP contribution in [0, 0.1) is 6.92 Å². The molecule has 0 bridgehead atoms. The number of anilines is 1. The van der Waals surface area contributed by atoms with E-state index in [-0.39, 0.29) is 35.6 Å². The molecule has 3 heterocycles. The highest BCUT2D eigenvalue weighted by Gasteiger charge is 2.32. The Morgan fingerprint density at radius 2 is 1.95 bits per heavy atom. The first-order valence-corrected chi connectivity index (χ1v) is 15.7. The van der Waals surface area contributed by atoms with Crippen LogP contribution in [-0.2, 0) is 13.0 Å².